The molecule has 0 saturated carbocycles. The average molecular weight is 131 g/mol. The van der Waals surface area contributed by atoms with E-state index >= 15 is 0 Å². The molecule has 3 heteroatoms. The quantitative estimate of drug-likeness (QED) is 0.543. The molecule has 0 aromatic rings. The molecular weight excluding hydrogens is 118 g/mol. The summed E-state index contributed by atoms with van der Waals surface area (Å²) in [6, 6.07) is 0. The van der Waals surface area contributed by atoms with Gasteiger partial charge in [-0.25, -0.2) is 0 Å². The Morgan fingerprint density at radius 2 is 2.00 bits per heavy atom. The molecule has 0 saturated heterocycles. The summed E-state index contributed by atoms with van der Waals surface area (Å²) in [5, 5.41) is 0. The fourth-order valence-electron chi connectivity index (χ4n) is 0.287. The topological polar surface area (TPSA) is 32.3 Å². The van der Waals surface area contributed by atoms with Crippen LogP contribution in [-0.4, -0.2) is 13.3 Å². The van der Waals surface area contributed by atoms with Gasteiger partial charge < -0.3 is 9.78 Å². The van der Waals surface area contributed by atoms with Crippen molar-refractivity contribution in [1.82, 2.24) is 4.98 Å². The number of rotatable bonds is 2. The predicted molar refractivity (Wildman–Crippen MR) is 37.7 cm³/mol. The van der Waals surface area contributed by atoms with E-state index in [9.17, 15) is 0 Å². The van der Waals surface area contributed by atoms with Gasteiger partial charge in [0.25, 0.3) is 8.48 Å². The van der Waals surface area contributed by atoms with Crippen molar-refractivity contribution in [2.45, 2.75) is 20.0 Å². The minimum absolute atomic E-state index is 1.77. The molecule has 0 aliphatic rings. The van der Waals surface area contributed by atoms with Gasteiger partial charge in [0.2, 0.25) is 0 Å². The van der Waals surface area contributed by atoms with E-state index in [2.05, 4.69) is 4.98 Å². The highest BCUT2D eigenvalue weighted by Gasteiger charge is 2.12. The first-order valence-electron chi connectivity index (χ1n) is 2.67. The summed E-state index contributed by atoms with van der Waals surface area (Å²) in [5.41, 5.74) is 0. The van der Waals surface area contributed by atoms with Crippen LogP contribution in [-0.2, 0) is 0 Å². The van der Waals surface area contributed by atoms with E-state index in [-0.39, 0.29) is 0 Å². The largest absolute Gasteiger partial charge is 0.415 e. The number of nitrogens with one attached hydrogen (secondary N) is 1. The molecule has 0 bridgehead atoms. The second-order valence-electron chi connectivity index (χ2n) is 2.20. The van der Waals surface area contributed by atoms with Gasteiger partial charge in [-0.15, -0.1) is 0 Å². The smallest absolute Gasteiger partial charge is 0.288 e. The normalized spacial score (nSPS) is 12.5. The Kier molecular flexibility index (Phi) is 2.79. The molecule has 0 rings (SSSR count). The van der Waals surface area contributed by atoms with Crippen molar-refractivity contribution in [2.24, 2.45) is 0 Å². The van der Waals surface area contributed by atoms with E-state index in [1.807, 2.05) is 26.1 Å². The van der Waals surface area contributed by atoms with Gasteiger partial charge in [0, 0.05) is 0 Å². The van der Waals surface area contributed by atoms with Crippen molar-refractivity contribution in [2.75, 3.05) is 0 Å². The van der Waals surface area contributed by atoms with Crippen LogP contribution >= 0.6 is 0 Å². The maximum absolute atomic E-state index is 9.13. The number of allylic oxidation sites excluding steroid dienone is 1. The minimum atomic E-state index is -2.01. The van der Waals surface area contributed by atoms with Gasteiger partial charge in [0.05, 0.1) is 0 Å². The van der Waals surface area contributed by atoms with E-state index < -0.39 is 8.48 Å². The molecule has 0 radical (unpaired) electrons. The van der Waals surface area contributed by atoms with Crippen LogP contribution < -0.4 is 4.98 Å². The van der Waals surface area contributed by atoms with Crippen LogP contribution in [0.3, 0.4) is 0 Å². The lowest BCUT2D eigenvalue weighted by atomic mass is 10.7. The molecule has 0 aliphatic heterocycles. The van der Waals surface area contributed by atoms with Crippen molar-refractivity contribution < 1.29 is 4.80 Å². The first-order valence-corrected chi connectivity index (χ1v) is 5.62. The molecule has 0 fully saturated rings. The fraction of sp³-hybridized carbons (Fsp3) is 0.600. The van der Waals surface area contributed by atoms with Crippen molar-refractivity contribution in [3.63, 3.8) is 0 Å². The van der Waals surface area contributed by atoms with Gasteiger partial charge in [-0.2, -0.15) is 0 Å². The first-order chi connectivity index (χ1) is 3.56. The van der Waals surface area contributed by atoms with Gasteiger partial charge in [0.1, 0.15) is 0 Å². The standard InChI is InChI=1S/C5H13NOSi/c1-4-5-6-8(2,3)7/h4-7H,1-3H3. The zero-order valence-electron chi connectivity index (χ0n) is 5.60. The van der Waals surface area contributed by atoms with Crippen LogP contribution in [0.2, 0.25) is 13.1 Å². The molecule has 0 atom stereocenters. The summed E-state index contributed by atoms with van der Waals surface area (Å²) in [7, 11) is -2.01. The lowest BCUT2D eigenvalue weighted by Crippen LogP contribution is -2.40. The second kappa shape index (κ2) is 2.89. The Balaban J connectivity index is 3.39. The molecule has 0 amide bonds. The third kappa shape index (κ3) is 5.72. The molecule has 0 aromatic heterocycles. The summed E-state index contributed by atoms with van der Waals surface area (Å²) in [4.78, 5) is 12.0. The Bertz CT molecular complexity index is 84.9. The Morgan fingerprint density at radius 1 is 1.50 bits per heavy atom. The predicted octanol–water partition coefficient (Wildman–Crippen LogP) is 0.804. The third-order valence-corrected chi connectivity index (χ3v) is 1.48. The van der Waals surface area contributed by atoms with Crippen molar-refractivity contribution >= 4 is 8.48 Å². The SMILES string of the molecule is CC=CN[Si](C)(C)O. The first kappa shape index (κ1) is 7.72. The van der Waals surface area contributed by atoms with E-state index in [1.165, 1.54) is 0 Å². The lowest BCUT2D eigenvalue weighted by Gasteiger charge is -2.12. The third-order valence-electron chi connectivity index (χ3n) is 0.603. The van der Waals surface area contributed by atoms with Gasteiger partial charge in [-0.1, -0.05) is 6.08 Å². The van der Waals surface area contributed by atoms with Crippen LogP contribution in [0.1, 0.15) is 6.92 Å². The molecular formula is C5H13NOSi. The summed E-state index contributed by atoms with van der Waals surface area (Å²) in [6.07, 6.45) is 3.64. The summed E-state index contributed by atoms with van der Waals surface area (Å²) in [6.45, 7) is 5.56. The second-order valence-corrected chi connectivity index (χ2v) is 5.61. The summed E-state index contributed by atoms with van der Waals surface area (Å²) < 4.78 is 0. The Morgan fingerprint density at radius 3 is 2.12 bits per heavy atom. The highest BCUT2D eigenvalue weighted by Crippen LogP contribution is 1.86. The molecule has 48 valence electrons. The van der Waals surface area contributed by atoms with Gasteiger partial charge in [0.15, 0.2) is 0 Å². The molecule has 0 heterocycles. The zero-order valence-corrected chi connectivity index (χ0v) is 6.60. The van der Waals surface area contributed by atoms with Crippen LogP contribution in [0.5, 0.6) is 0 Å². The van der Waals surface area contributed by atoms with E-state index in [4.69, 9.17) is 4.80 Å². The van der Waals surface area contributed by atoms with Crippen molar-refractivity contribution in [1.29, 1.82) is 0 Å². The van der Waals surface area contributed by atoms with Crippen molar-refractivity contribution in [3.8, 4) is 0 Å². The summed E-state index contributed by atoms with van der Waals surface area (Å²) >= 11 is 0. The van der Waals surface area contributed by atoms with E-state index in [0.717, 1.165) is 0 Å². The highest BCUT2D eigenvalue weighted by atomic mass is 28.4. The molecule has 2 N–H and O–H groups in total. The molecule has 2 nitrogen and oxygen atoms in total. The maximum Gasteiger partial charge on any atom is 0.288 e. The van der Waals surface area contributed by atoms with Gasteiger partial charge >= 0.3 is 0 Å². The van der Waals surface area contributed by atoms with Crippen LogP contribution in [0.15, 0.2) is 12.3 Å². The number of hydrogen-bond acceptors (Lipinski definition) is 2. The molecule has 0 unspecified atom stereocenters. The molecule has 0 spiro atoms. The molecule has 8 heavy (non-hydrogen) atoms. The fourth-order valence-corrected chi connectivity index (χ4v) is 0.862. The zero-order chi connectivity index (χ0) is 6.62. The Labute approximate surface area is 51.4 Å². The van der Waals surface area contributed by atoms with Crippen LogP contribution in [0.25, 0.3) is 0 Å². The number of hydrogen-bond donors (Lipinski definition) is 2. The highest BCUT2D eigenvalue weighted by molar-refractivity contribution is 6.67. The average Bonchev–Trinajstić information content (AvgIpc) is 1.59. The molecule has 0 aromatic carbocycles. The van der Waals surface area contributed by atoms with E-state index in [1.54, 1.807) is 6.20 Å². The molecule has 0 aliphatic carbocycles. The van der Waals surface area contributed by atoms with E-state index in [0.29, 0.717) is 0 Å². The van der Waals surface area contributed by atoms with Gasteiger partial charge in [-0.05, 0) is 26.2 Å². The maximum atomic E-state index is 9.13. The van der Waals surface area contributed by atoms with Crippen LogP contribution in [0.4, 0.5) is 0 Å². The Hall–Kier alpha value is -0.283. The summed E-state index contributed by atoms with van der Waals surface area (Å²) in [5.74, 6) is 0. The minimum Gasteiger partial charge on any atom is -0.415 e. The van der Waals surface area contributed by atoms with Crippen molar-refractivity contribution in [3.05, 3.63) is 12.3 Å². The monoisotopic (exact) mass is 131 g/mol. The lowest BCUT2D eigenvalue weighted by molar-refractivity contribution is 0.539. The van der Waals surface area contributed by atoms with Gasteiger partial charge in [-0.3, -0.25) is 0 Å². The van der Waals surface area contributed by atoms with Crippen LogP contribution in [0, 0.1) is 0 Å².